The Morgan fingerprint density at radius 1 is 1.24 bits per heavy atom. The first-order chi connectivity index (χ1) is 19.6. The van der Waals surface area contributed by atoms with Gasteiger partial charge < -0.3 is 25.2 Å². The van der Waals surface area contributed by atoms with E-state index in [1.807, 2.05) is 32.2 Å². The lowest BCUT2D eigenvalue weighted by Crippen LogP contribution is -2.54. The summed E-state index contributed by atoms with van der Waals surface area (Å²) < 4.78 is 19.9. The summed E-state index contributed by atoms with van der Waals surface area (Å²) >= 11 is 0. The average molecular weight is 562 g/mol. The topological polar surface area (TPSA) is 120 Å². The molecule has 214 valence electrons. The molecule has 1 aromatic rings. The first-order valence-electron chi connectivity index (χ1n) is 13.5. The fourth-order valence-electron chi connectivity index (χ4n) is 5.41. The molecule has 3 aliphatic heterocycles. The summed E-state index contributed by atoms with van der Waals surface area (Å²) in [5.74, 6) is 3.54. The van der Waals surface area contributed by atoms with E-state index in [0.717, 1.165) is 25.9 Å². The van der Waals surface area contributed by atoms with Crippen LogP contribution in [-0.4, -0.2) is 72.9 Å². The number of urea groups is 1. The predicted molar refractivity (Wildman–Crippen MR) is 148 cm³/mol. The fraction of sp³-hybridized carbons (Fsp3) is 0.400. The number of nitrogens with zero attached hydrogens (tertiary/aromatic N) is 2. The number of nitrogens with one attached hydrogen (secondary N) is 3. The Labute approximate surface area is 237 Å². The molecular formula is C30H32FN5O5. The van der Waals surface area contributed by atoms with Crippen LogP contribution in [-0.2, 0) is 16.1 Å². The molecule has 0 bridgehead atoms. The number of methoxy groups -OCH3 is 1. The summed E-state index contributed by atoms with van der Waals surface area (Å²) in [7, 11) is 3.35. The van der Waals surface area contributed by atoms with Crippen LogP contribution in [0.25, 0.3) is 0 Å². The average Bonchev–Trinajstić information content (AvgIpc) is 3.32. The Morgan fingerprint density at radius 3 is 2.68 bits per heavy atom. The first-order valence-corrected chi connectivity index (χ1v) is 13.5. The number of hydrogen-bond acceptors (Lipinski definition) is 6. The second-order valence-corrected chi connectivity index (χ2v) is 10.8. The largest absolute Gasteiger partial charge is 0.494 e. The van der Waals surface area contributed by atoms with Crippen LogP contribution >= 0.6 is 0 Å². The summed E-state index contributed by atoms with van der Waals surface area (Å²) in [6.45, 7) is 3.43. The van der Waals surface area contributed by atoms with Crippen molar-refractivity contribution < 1.29 is 28.3 Å². The van der Waals surface area contributed by atoms with Gasteiger partial charge in [0.25, 0.3) is 11.8 Å². The molecule has 1 aliphatic carbocycles. The number of fused-ring (bicyclic) bond motifs is 1. The third kappa shape index (κ3) is 5.74. The minimum Gasteiger partial charge on any atom is -0.494 e. The van der Waals surface area contributed by atoms with Gasteiger partial charge in [-0.1, -0.05) is 37.0 Å². The first kappa shape index (κ1) is 28.1. The molecule has 11 heteroatoms. The van der Waals surface area contributed by atoms with Crippen molar-refractivity contribution in [2.24, 2.45) is 11.8 Å². The minimum absolute atomic E-state index is 0.0242. The molecule has 5 amide bonds. The number of rotatable bonds is 5. The molecule has 1 aromatic carbocycles. The van der Waals surface area contributed by atoms with Gasteiger partial charge in [0.15, 0.2) is 11.6 Å². The van der Waals surface area contributed by atoms with Crippen LogP contribution < -0.4 is 20.7 Å². The smallest absolute Gasteiger partial charge is 0.323 e. The zero-order chi connectivity index (χ0) is 29.3. The number of carbonyl (C=O) groups excluding carboxylic acids is 4. The quantitative estimate of drug-likeness (QED) is 0.373. The molecule has 0 aromatic heterocycles. The number of carbonyl (C=O) groups is 4. The van der Waals surface area contributed by atoms with E-state index in [-0.39, 0.29) is 42.1 Å². The Balaban J connectivity index is 1.39. The molecule has 41 heavy (non-hydrogen) atoms. The third-order valence-corrected chi connectivity index (χ3v) is 7.75. The Bertz CT molecular complexity index is 1460. The van der Waals surface area contributed by atoms with Crippen LogP contribution in [0.1, 0.15) is 35.7 Å². The Hall–Kier alpha value is -4.43. The van der Waals surface area contributed by atoms with Crippen molar-refractivity contribution in [3.63, 3.8) is 0 Å². The van der Waals surface area contributed by atoms with E-state index in [0.29, 0.717) is 16.8 Å². The van der Waals surface area contributed by atoms with Crippen LogP contribution in [0.5, 0.6) is 5.75 Å². The molecule has 0 radical (unpaired) electrons. The molecule has 4 aliphatic rings. The van der Waals surface area contributed by atoms with E-state index in [1.54, 1.807) is 12.1 Å². The number of allylic oxidation sites excluding steroid dienone is 5. The summed E-state index contributed by atoms with van der Waals surface area (Å²) in [5, 5.41) is 7.76. The van der Waals surface area contributed by atoms with Gasteiger partial charge in [-0.15, -0.1) is 0 Å². The second-order valence-electron chi connectivity index (χ2n) is 10.8. The standard InChI is InChI=1S/C30H32FN5O5/c1-18-4-6-22(32-26(37)20-9-12-35(2)13-10-20)15-19(14-18)8-11-30(28(39)33-29(40)34-30)17-36-16-21-5-7-23(41-3)25(31)24(21)27(36)38/h4-7,14-15,18,20H,9-10,12-13,16-17H2,1-3H3,(H,32,37)(H2,33,34,39,40). The monoisotopic (exact) mass is 561 g/mol. The van der Waals surface area contributed by atoms with Gasteiger partial charge in [0, 0.05) is 23.7 Å². The third-order valence-electron chi connectivity index (χ3n) is 7.75. The number of imide groups is 1. The van der Waals surface area contributed by atoms with E-state index in [1.165, 1.54) is 18.1 Å². The summed E-state index contributed by atoms with van der Waals surface area (Å²) in [4.78, 5) is 54.8. The highest BCUT2D eigenvalue weighted by Gasteiger charge is 2.49. The molecule has 2 unspecified atom stereocenters. The van der Waals surface area contributed by atoms with Gasteiger partial charge in [-0.05, 0) is 62.7 Å². The number of hydrogen-bond donors (Lipinski definition) is 3. The molecule has 3 N–H and O–H groups in total. The van der Waals surface area contributed by atoms with Gasteiger partial charge in [0.2, 0.25) is 11.4 Å². The predicted octanol–water partition coefficient (Wildman–Crippen LogP) is 1.85. The maximum atomic E-state index is 14.9. The highest BCUT2D eigenvalue weighted by Crippen LogP contribution is 2.32. The molecule has 5 rings (SSSR count). The number of ether oxygens (including phenoxy) is 1. The van der Waals surface area contributed by atoms with Crippen molar-refractivity contribution in [2.75, 3.05) is 33.8 Å². The molecule has 2 saturated heterocycles. The van der Waals surface area contributed by atoms with E-state index in [2.05, 4.69) is 32.7 Å². The van der Waals surface area contributed by atoms with Gasteiger partial charge >= 0.3 is 6.03 Å². The van der Waals surface area contributed by atoms with Gasteiger partial charge in [-0.25, -0.2) is 9.18 Å². The number of halogens is 1. The van der Waals surface area contributed by atoms with E-state index in [4.69, 9.17) is 4.74 Å². The Kier molecular flexibility index (Phi) is 7.69. The maximum Gasteiger partial charge on any atom is 0.323 e. The van der Waals surface area contributed by atoms with Crippen molar-refractivity contribution in [2.45, 2.75) is 31.8 Å². The summed E-state index contributed by atoms with van der Waals surface area (Å²) in [6, 6.07) is 2.29. The van der Waals surface area contributed by atoms with Gasteiger partial charge in [-0.2, -0.15) is 0 Å². The van der Waals surface area contributed by atoms with E-state index >= 15 is 0 Å². The van der Waals surface area contributed by atoms with Crippen LogP contribution in [0.2, 0.25) is 0 Å². The second kappa shape index (κ2) is 11.2. The highest BCUT2D eigenvalue weighted by atomic mass is 19.1. The lowest BCUT2D eigenvalue weighted by molar-refractivity contribution is -0.125. The maximum absolute atomic E-state index is 14.9. The van der Waals surface area contributed by atoms with Crippen LogP contribution in [0, 0.1) is 29.5 Å². The van der Waals surface area contributed by atoms with Crippen molar-refractivity contribution in [1.82, 2.24) is 25.8 Å². The molecular weight excluding hydrogens is 529 g/mol. The van der Waals surface area contributed by atoms with E-state index in [9.17, 15) is 23.6 Å². The number of likely N-dealkylation sites (tertiary alicyclic amines) is 1. The zero-order valence-electron chi connectivity index (χ0n) is 23.2. The number of amides is 5. The molecule has 2 fully saturated rings. The Morgan fingerprint density at radius 2 is 2.00 bits per heavy atom. The molecule has 0 saturated carbocycles. The van der Waals surface area contributed by atoms with E-state index < -0.39 is 29.2 Å². The molecule has 10 nitrogen and oxygen atoms in total. The zero-order valence-corrected chi connectivity index (χ0v) is 23.2. The van der Waals surface area contributed by atoms with Crippen LogP contribution in [0.15, 0.2) is 47.7 Å². The van der Waals surface area contributed by atoms with Crippen molar-refractivity contribution in [3.8, 4) is 17.6 Å². The van der Waals surface area contributed by atoms with Gasteiger partial charge in [0.05, 0.1) is 19.2 Å². The summed E-state index contributed by atoms with van der Waals surface area (Å²) in [6.07, 6.45) is 8.92. The van der Waals surface area contributed by atoms with Crippen LogP contribution in [0.4, 0.5) is 9.18 Å². The van der Waals surface area contributed by atoms with Crippen molar-refractivity contribution in [3.05, 3.63) is 64.7 Å². The van der Waals surface area contributed by atoms with Gasteiger partial charge in [0.1, 0.15) is 0 Å². The summed E-state index contributed by atoms with van der Waals surface area (Å²) in [5.41, 5.74) is -0.342. The number of piperidine rings is 1. The normalized spacial score (nSPS) is 24.4. The van der Waals surface area contributed by atoms with Crippen molar-refractivity contribution in [1.29, 1.82) is 0 Å². The molecule has 2 atom stereocenters. The highest BCUT2D eigenvalue weighted by molar-refractivity contribution is 6.10. The van der Waals surface area contributed by atoms with Crippen molar-refractivity contribution >= 4 is 23.8 Å². The minimum atomic E-state index is -1.76. The number of benzene rings is 1. The molecule has 3 heterocycles. The fourth-order valence-corrected chi connectivity index (χ4v) is 5.41. The lowest BCUT2D eigenvalue weighted by atomic mass is 9.96. The SMILES string of the molecule is COc1ccc2c(c1F)C(=O)N(CC1(C#CC3=CC(C)C=CC(NC(=O)C4CCN(C)CC4)=C3)NC(=O)NC1=O)C2. The van der Waals surface area contributed by atoms with Crippen LogP contribution in [0.3, 0.4) is 0 Å². The van der Waals surface area contributed by atoms with Gasteiger partial charge in [-0.3, -0.25) is 19.7 Å². The lowest BCUT2D eigenvalue weighted by Gasteiger charge is -2.28. The molecule has 0 spiro atoms.